The normalized spacial score (nSPS) is 10.7. The van der Waals surface area contributed by atoms with Crippen LogP contribution in [-0.2, 0) is 7.05 Å². The van der Waals surface area contributed by atoms with Gasteiger partial charge in [-0.3, -0.25) is 4.68 Å². The van der Waals surface area contributed by atoms with E-state index >= 15 is 0 Å². The van der Waals surface area contributed by atoms with Gasteiger partial charge in [-0.2, -0.15) is 5.10 Å². The highest BCUT2D eigenvalue weighted by atomic mass is 79.9. The molecule has 0 saturated heterocycles. The molecule has 0 unspecified atom stereocenters. The van der Waals surface area contributed by atoms with Crippen molar-refractivity contribution < 1.29 is 4.74 Å². The minimum absolute atomic E-state index is 0.818. The molecule has 0 radical (unpaired) electrons. The molecule has 13 heavy (non-hydrogen) atoms. The Bertz CT molecular complexity index is 450. The highest BCUT2D eigenvalue weighted by Crippen LogP contribution is 2.28. The lowest BCUT2D eigenvalue weighted by Gasteiger charge is -1.99. The van der Waals surface area contributed by atoms with E-state index in [2.05, 4.69) is 21.0 Å². The van der Waals surface area contributed by atoms with Crippen LogP contribution in [0.1, 0.15) is 0 Å². The number of aryl methyl sites for hydroxylation is 1. The first kappa shape index (κ1) is 8.56. The molecule has 0 aliphatic carbocycles. The summed E-state index contributed by atoms with van der Waals surface area (Å²) in [5, 5.41) is 5.39. The third-order valence-corrected chi connectivity index (χ3v) is 2.55. The van der Waals surface area contributed by atoms with Gasteiger partial charge in [0.15, 0.2) is 0 Å². The maximum Gasteiger partial charge on any atom is 0.122 e. The lowest BCUT2D eigenvalue weighted by Crippen LogP contribution is -1.85. The highest BCUT2D eigenvalue weighted by molar-refractivity contribution is 9.10. The Hall–Kier alpha value is -1.03. The zero-order valence-corrected chi connectivity index (χ0v) is 9.00. The fourth-order valence-electron chi connectivity index (χ4n) is 1.29. The average Bonchev–Trinajstić information content (AvgIpc) is 2.46. The SMILES string of the molecule is COc1cc(Br)c2cn(C)nc2c1. The molecule has 2 rings (SSSR count). The Labute approximate surface area is 84.4 Å². The molecule has 0 bridgehead atoms. The van der Waals surface area contributed by atoms with Crippen LogP contribution in [0.4, 0.5) is 0 Å². The van der Waals surface area contributed by atoms with E-state index in [9.17, 15) is 0 Å². The van der Waals surface area contributed by atoms with Gasteiger partial charge in [0, 0.05) is 29.2 Å². The van der Waals surface area contributed by atoms with Gasteiger partial charge in [-0.05, 0) is 22.0 Å². The lowest BCUT2D eigenvalue weighted by molar-refractivity contribution is 0.415. The Morgan fingerprint density at radius 1 is 1.46 bits per heavy atom. The van der Waals surface area contributed by atoms with Crippen LogP contribution in [0.5, 0.6) is 5.75 Å². The van der Waals surface area contributed by atoms with Crippen molar-refractivity contribution in [2.75, 3.05) is 7.11 Å². The van der Waals surface area contributed by atoms with E-state index in [1.54, 1.807) is 11.8 Å². The second-order valence-electron chi connectivity index (χ2n) is 2.84. The molecule has 0 aliphatic rings. The third kappa shape index (κ3) is 1.42. The van der Waals surface area contributed by atoms with Crippen LogP contribution in [-0.4, -0.2) is 16.9 Å². The predicted molar refractivity (Wildman–Crippen MR) is 55.0 cm³/mol. The molecule has 0 fully saturated rings. The van der Waals surface area contributed by atoms with Crippen LogP contribution >= 0.6 is 15.9 Å². The molecule has 0 N–H and O–H groups in total. The number of benzene rings is 1. The Morgan fingerprint density at radius 2 is 2.23 bits per heavy atom. The van der Waals surface area contributed by atoms with E-state index in [4.69, 9.17) is 4.74 Å². The van der Waals surface area contributed by atoms with Crippen LogP contribution < -0.4 is 4.74 Å². The van der Waals surface area contributed by atoms with Crippen molar-refractivity contribution in [3.8, 4) is 5.75 Å². The van der Waals surface area contributed by atoms with Gasteiger partial charge in [-0.1, -0.05) is 0 Å². The summed E-state index contributed by atoms with van der Waals surface area (Å²) in [6.45, 7) is 0. The number of fused-ring (bicyclic) bond motifs is 1. The van der Waals surface area contributed by atoms with Gasteiger partial charge in [-0.25, -0.2) is 0 Å². The molecule has 1 aromatic carbocycles. The molecule has 1 heterocycles. The van der Waals surface area contributed by atoms with Crippen molar-refractivity contribution in [1.82, 2.24) is 9.78 Å². The summed E-state index contributed by atoms with van der Waals surface area (Å²) in [5.41, 5.74) is 0.939. The number of aromatic nitrogens is 2. The molecule has 0 atom stereocenters. The Morgan fingerprint density at radius 3 is 2.92 bits per heavy atom. The van der Waals surface area contributed by atoms with Crippen molar-refractivity contribution in [2.24, 2.45) is 7.05 Å². The summed E-state index contributed by atoms with van der Waals surface area (Å²) in [4.78, 5) is 0. The van der Waals surface area contributed by atoms with Gasteiger partial charge >= 0.3 is 0 Å². The molecule has 1 aromatic heterocycles. The first-order chi connectivity index (χ1) is 6.20. The molecule has 0 saturated carbocycles. The first-order valence-corrected chi connectivity index (χ1v) is 4.67. The van der Waals surface area contributed by atoms with Crippen molar-refractivity contribution in [2.45, 2.75) is 0 Å². The zero-order valence-electron chi connectivity index (χ0n) is 7.41. The number of methoxy groups -OCH3 is 1. The van der Waals surface area contributed by atoms with Gasteiger partial charge in [0.25, 0.3) is 0 Å². The average molecular weight is 241 g/mol. The fourth-order valence-corrected chi connectivity index (χ4v) is 1.82. The lowest BCUT2D eigenvalue weighted by atomic mass is 10.2. The Kier molecular flexibility index (Phi) is 2.00. The quantitative estimate of drug-likeness (QED) is 0.766. The standard InChI is InChI=1S/C9H9BrN2O/c1-12-5-7-8(10)3-6(13-2)4-9(7)11-12/h3-5H,1-2H3. The maximum atomic E-state index is 5.13. The molecule has 68 valence electrons. The summed E-state index contributed by atoms with van der Waals surface area (Å²) >= 11 is 3.47. The number of rotatable bonds is 1. The number of hydrogen-bond acceptors (Lipinski definition) is 2. The smallest absolute Gasteiger partial charge is 0.122 e. The molecule has 3 nitrogen and oxygen atoms in total. The predicted octanol–water partition coefficient (Wildman–Crippen LogP) is 2.34. The van der Waals surface area contributed by atoms with Gasteiger partial charge in [0.2, 0.25) is 0 Å². The Balaban J connectivity index is 2.75. The summed E-state index contributed by atoms with van der Waals surface area (Å²) in [6, 6.07) is 3.85. The second-order valence-corrected chi connectivity index (χ2v) is 3.70. The molecule has 4 heteroatoms. The summed E-state index contributed by atoms with van der Waals surface area (Å²) in [6.07, 6.45) is 1.97. The van der Waals surface area contributed by atoms with Crippen molar-refractivity contribution in [3.63, 3.8) is 0 Å². The van der Waals surface area contributed by atoms with Gasteiger partial charge < -0.3 is 4.74 Å². The molecular formula is C9H9BrN2O. The third-order valence-electron chi connectivity index (χ3n) is 1.90. The summed E-state index contributed by atoms with van der Waals surface area (Å²) < 4.78 is 7.93. The van der Waals surface area contributed by atoms with E-state index in [1.165, 1.54) is 0 Å². The zero-order chi connectivity index (χ0) is 9.42. The molecular weight excluding hydrogens is 232 g/mol. The van der Waals surface area contributed by atoms with Gasteiger partial charge in [0.05, 0.1) is 12.6 Å². The van der Waals surface area contributed by atoms with Gasteiger partial charge in [-0.15, -0.1) is 0 Å². The summed E-state index contributed by atoms with van der Waals surface area (Å²) in [5.74, 6) is 0.818. The maximum absolute atomic E-state index is 5.13. The number of nitrogens with zero attached hydrogens (tertiary/aromatic N) is 2. The minimum Gasteiger partial charge on any atom is -0.497 e. The molecule has 0 aliphatic heterocycles. The first-order valence-electron chi connectivity index (χ1n) is 3.87. The number of halogens is 1. The fraction of sp³-hybridized carbons (Fsp3) is 0.222. The highest BCUT2D eigenvalue weighted by Gasteiger charge is 2.05. The van der Waals surface area contributed by atoms with E-state index in [0.29, 0.717) is 0 Å². The molecule has 0 amide bonds. The molecule has 0 spiro atoms. The van der Waals surface area contributed by atoms with Crippen LogP contribution in [0.15, 0.2) is 22.8 Å². The minimum atomic E-state index is 0.818. The van der Waals surface area contributed by atoms with E-state index in [1.807, 2.05) is 25.4 Å². The van der Waals surface area contributed by atoms with Crippen molar-refractivity contribution in [3.05, 3.63) is 22.8 Å². The number of ether oxygens (including phenoxy) is 1. The van der Waals surface area contributed by atoms with Gasteiger partial charge in [0.1, 0.15) is 5.75 Å². The van der Waals surface area contributed by atoms with E-state index in [0.717, 1.165) is 21.1 Å². The van der Waals surface area contributed by atoms with Crippen LogP contribution in [0.2, 0.25) is 0 Å². The van der Waals surface area contributed by atoms with Crippen LogP contribution in [0.25, 0.3) is 10.9 Å². The van der Waals surface area contributed by atoms with Crippen molar-refractivity contribution >= 4 is 26.8 Å². The second kappa shape index (κ2) is 3.03. The van der Waals surface area contributed by atoms with Crippen molar-refractivity contribution in [1.29, 1.82) is 0 Å². The topological polar surface area (TPSA) is 27.1 Å². The van der Waals surface area contributed by atoms with Crippen LogP contribution in [0.3, 0.4) is 0 Å². The van der Waals surface area contributed by atoms with Crippen LogP contribution in [0, 0.1) is 0 Å². The van der Waals surface area contributed by atoms with E-state index in [-0.39, 0.29) is 0 Å². The number of hydrogen-bond donors (Lipinski definition) is 0. The largest absolute Gasteiger partial charge is 0.497 e. The van der Waals surface area contributed by atoms with E-state index < -0.39 is 0 Å². The molecule has 2 aromatic rings. The summed E-state index contributed by atoms with van der Waals surface area (Å²) in [7, 11) is 3.55. The monoisotopic (exact) mass is 240 g/mol.